The third-order valence-corrected chi connectivity index (χ3v) is 3.19. The first-order valence-electron chi connectivity index (χ1n) is 6.65. The topological polar surface area (TPSA) is 85.2 Å². The van der Waals surface area contributed by atoms with Crippen LogP contribution in [0.15, 0.2) is 59.1 Å². The van der Waals surface area contributed by atoms with Gasteiger partial charge in [-0.25, -0.2) is 0 Å². The molecular formula is C16H15N3O2. The zero-order valence-electron chi connectivity index (χ0n) is 11.3. The van der Waals surface area contributed by atoms with Crippen molar-refractivity contribution in [3.63, 3.8) is 0 Å². The third-order valence-electron chi connectivity index (χ3n) is 3.19. The van der Waals surface area contributed by atoms with Crippen LogP contribution >= 0.6 is 0 Å². The van der Waals surface area contributed by atoms with Gasteiger partial charge in [0, 0.05) is 18.0 Å². The Labute approximate surface area is 122 Å². The zero-order chi connectivity index (χ0) is 14.7. The first-order valence-corrected chi connectivity index (χ1v) is 6.65. The molecule has 0 aliphatic carbocycles. The second kappa shape index (κ2) is 5.76. The molecule has 106 valence electrons. The molecule has 0 fully saturated rings. The van der Waals surface area contributed by atoms with Crippen LogP contribution in [0.3, 0.4) is 0 Å². The lowest BCUT2D eigenvalue weighted by atomic mass is 10.1. The number of rotatable bonds is 4. The summed E-state index contributed by atoms with van der Waals surface area (Å²) in [5, 5.41) is 13.4. The molecule has 0 radical (unpaired) electrons. The minimum Gasteiger partial charge on any atom is -0.508 e. The van der Waals surface area contributed by atoms with Crippen molar-refractivity contribution in [3.8, 4) is 17.1 Å². The van der Waals surface area contributed by atoms with Gasteiger partial charge in [0.25, 0.3) is 0 Å². The standard InChI is InChI=1S/C16H15N3O2/c17-14(11-5-2-1-3-6-11)10-15-18-16(19-21-15)12-7-4-8-13(20)9-12/h1-9,14,20H,10,17H2. The summed E-state index contributed by atoms with van der Waals surface area (Å²) in [6.45, 7) is 0. The summed E-state index contributed by atoms with van der Waals surface area (Å²) >= 11 is 0. The van der Waals surface area contributed by atoms with Crippen molar-refractivity contribution in [2.24, 2.45) is 5.73 Å². The summed E-state index contributed by atoms with van der Waals surface area (Å²) in [4.78, 5) is 4.32. The molecule has 0 aliphatic heterocycles. The molecule has 3 N–H and O–H groups in total. The lowest BCUT2D eigenvalue weighted by Gasteiger charge is -2.08. The van der Waals surface area contributed by atoms with Gasteiger partial charge >= 0.3 is 0 Å². The monoisotopic (exact) mass is 281 g/mol. The van der Waals surface area contributed by atoms with Crippen LogP contribution in [0.1, 0.15) is 17.5 Å². The van der Waals surface area contributed by atoms with Crippen LogP contribution in [0.25, 0.3) is 11.4 Å². The highest BCUT2D eigenvalue weighted by atomic mass is 16.5. The molecule has 1 aromatic heterocycles. The van der Waals surface area contributed by atoms with Gasteiger partial charge in [0.15, 0.2) is 0 Å². The molecule has 21 heavy (non-hydrogen) atoms. The molecular weight excluding hydrogens is 266 g/mol. The molecule has 2 aromatic carbocycles. The fourth-order valence-electron chi connectivity index (χ4n) is 2.11. The molecule has 5 nitrogen and oxygen atoms in total. The number of nitrogens with two attached hydrogens (primary N) is 1. The maximum Gasteiger partial charge on any atom is 0.228 e. The van der Waals surface area contributed by atoms with E-state index in [4.69, 9.17) is 10.3 Å². The fraction of sp³-hybridized carbons (Fsp3) is 0.125. The smallest absolute Gasteiger partial charge is 0.228 e. The third kappa shape index (κ3) is 3.09. The van der Waals surface area contributed by atoms with Gasteiger partial charge in [0.1, 0.15) is 5.75 Å². The number of aromatic nitrogens is 2. The highest BCUT2D eigenvalue weighted by Gasteiger charge is 2.13. The van der Waals surface area contributed by atoms with Crippen molar-refractivity contribution in [1.82, 2.24) is 10.1 Å². The molecule has 5 heteroatoms. The highest BCUT2D eigenvalue weighted by Crippen LogP contribution is 2.22. The summed E-state index contributed by atoms with van der Waals surface area (Å²) in [5.41, 5.74) is 7.86. The molecule has 1 unspecified atom stereocenters. The van der Waals surface area contributed by atoms with Gasteiger partial charge in [0.2, 0.25) is 11.7 Å². The highest BCUT2D eigenvalue weighted by molar-refractivity contribution is 5.56. The molecule has 3 rings (SSSR count). The Morgan fingerprint density at radius 3 is 2.67 bits per heavy atom. The van der Waals surface area contributed by atoms with Crippen LogP contribution in [-0.4, -0.2) is 15.2 Å². The van der Waals surface area contributed by atoms with Crippen LogP contribution in [0.4, 0.5) is 0 Å². The molecule has 1 atom stereocenters. The maximum absolute atomic E-state index is 9.47. The van der Waals surface area contributed by atoms with Crippen LogP contribution < -0.4 is 5.73 Å². The van der Waals surface area contributed by atoms with E-state index in [2.05, 4.69) is 10.1 Å². The molecule has 1 heterocycles. The number of phenolic OH excluding ortho intramolecular Hbond substituents is 1. The molecule has 0 amide bonds. The zero-order valence-corrected chi connectivity index (χ0v) is 11.3. The molecule has 3 aromatic rings. The van der Waals surface area contributed by atoms with E-state index in [-0.39, 0.29) is 11.8 Å². The van der Waals surface area contributed by atoms with Crippen molar-refractivity contribution >= 4 is 0 Å². The van der Waals surface area contributed by atoms with Gasteiger partial charge in [-0.3, -0.25) is 0 Å². The van der Waals surface area contributed by atoms with Crippen molar-refractivity contribution in [2.75, 3.05) is 0 Å². The van der Waals surface area contributed by atoms with E-state index in [1.165, 1.54) is 0 Å². The number of phenols is 1. The molecule has 0 saturated heterocycles. The first-order chi connectivity index (χ1) is 10.2. The minimum absolute atomic E-state index is 0.167. The van der Waals surface area contributed by atoms with E-state index in [0.717, 1.165) is 5.56 Å². The maximum atomic E-state index is 9.47. The van der Waals surface area contributed by atoms with E-state index in [0.29, 0.717) is 23.7 Å². The van der Waals surface area contributed by atoms with E-state index < -0.39 is 0 Å². The molecule has 0 aliphatic rings. The summed E-state index contributed by atoms with van der Waals surface area (Å²) in [6.07, 6.45) is 0.468. The largest absolute Gasteiger partial charge is 0.508 e. The quantitative estimate of drug-likeness (QED) is 0.768. The van der Waals surface area contributed by atoms with Crippen LogP contribution in [0.2, 0.25) is 0 Å². The lowest BCUT2D eigenvalue weighted by molar-refractivity contribution is 0.370. The van der Waals surface area contributed by atoms with Gasteiger partial charge in [-0.2, -0.15) is 4.98 Å². The number of aromatic hydroxyl groups is 1. The van der Waals surface area contributed by atoms with Gasteiger partial charge in [-0.1, -0.05) is 47.6 Å². The summed E-state index contributed by atoms with van der Waals surface area (Å²) in [5.74, 6) is 1.09. The van der Waals surface area contributed by atoms with Crippen molar-refractivity contribution in [1.29, 1.82) is 0 Å². The summed E-state index contributed by atoms with van der Waals surface area (Å²) in [6, 6.07) is 16.3. The van der Waals surface area contributed by atoms with Gasteiger partial charge in [-0.15, -0.1) is 0 Å². The molecule has 0 spiro atoms. The Kier molecular flexibility index (Phi) is 3.66. The van der Waals surface area contributed by atoms with E-state index in [1.807, 2.05) is 36.4 Å². The summed E-state index contributed by atoms with van der Waals surface area (Å²) < 4.78 is 5.23. The SMILES string of the molecule is NC(Cc1nc(-c2cccc(O)c2)no1)c1ccccc1. The fourth-order valence-corrected chi connectivity index (χ4v) is 2.11. The average Bonchev–Trinajstić information content (AvgIpc) is 2.97. The predicted octanol–water partition coefficient (Wildman–Crippen LogP) is 2.68. The van der Waals surface area contributed by atoms with Crippen LogP contribution in [-0.2, 0) is 6.42 Å². The second-order valence-electron chi connectivity index (χ2n) is 4.78. The Bertz CT molecular complexity index is 725. The van der Waals surface area contributed by atoms with Crippen molar-refractivity contribution in [2.45, 2.75) is 12.5 Å². The predicted molar refractivity (Wildman–Crippen MR) is 78.5 cm³/mol. The number of nitrogens with zero attached hydrogens (tertiary/aromatic N) is 2. The number of hydrogen-bond acceptors (Lipinski definition) is 5. The first kappa shape index (κ1) is 13.3. The average molecular weight is 281 g/mol. The van der Waals surface area contributed by atoms with Crippen LogP contribution in [0.5, 0.6) is 5.75 Å². The molecule has 0 saturated carbocycles. The van der Waals surface area contributed by atoms with Crippen molar-refractivity contribution < 1.29 is 9.63 Å². The van der Waals surface area contributed by atoms with E-state index in [9.17, 15) is 5.11 Å². The van der Waals surface area contributed by atoms with Crippen molar-refractivity contribution in [3.05, 3.63) is 66.1 Å². The van der Waals surface area contributed by atoms with Gasteiger partial charge < -0.3 is 15.4 Å². The molecule has 0 bridgehead atoms. The summed E-state index contributed by atoms with van der Waals surface area (Å²) in [7, 11) is 0. The number of hydrogen-bond donors (Lipinski definition) is 2. The van der Waals surface area contributed by atoms with Gasteiger partial charge in [-0.05, 0) is 17.7 Å². The van der Waals surface area contributed by atoms with E-state index in [1.54, 1.807) is 18.2 Å². The van der Waals surface area contributed by atoms with Gasteiger partial charge in [0.05, 0.1) is 0 Å². The van der Waals surface area contributed by atoms with Crippen LogP contribution in [0, 0.1) is 0 Å². The number of benzene rings is 2. The Balaban J connectivity index is 1.76. The van der Waals surface area contributed by atoms with E-state index >= 15 is 0 Å². The Morgan fingerprint density at radius 2 is 1.90 bits per heavy atom. The Hall–Kier alpha value is -2.66. The Morgan fingerprint density at radius 1 is 1.10 bits per heavy atom. The normalized spacial score (nSPS) is 12.2. The minimum atomic E-state index is -0.191. The second-order valence-corrected chi connectivity index (χ2v) is 4.78. The lowest BCUT2D eigenvalue weighted by Crippen LogP contribution is -2.13.